The van der Waals surface area contributed by atoms with Gasteiger partial charge >= 0.3 is 6.18 Å². The Kier molecular flexibility index (Phi) is 6.30. The number of pyridine rings is 1. The number of alkyl halides is 3. The molecule has 3 aromatic rings. The van der Waals surface area contributed by atoms with Gasteiger partial charge in [0.1, 0.15) is 11.4 Å². The molecule has 0 aliphatic heterocycles. The number of thioether (sulfide) groups is 1. The molecule has 6 nitrogen and oxygen atoms in total. The number of halogens is 3. The Labute approximate surface area is 162 Å². The van der Waals surface area contributed by atoms with Crippen LogP contribution in [-0.2, 0) is 17.5 Å². The van der Waals surface area contributed by atoms with E-state index in [0.29, 0.717) is 6.54 Å². The van der Waals surface area contributed by atoms with Crippen molar-refractivity contribution in [3.63, 3.8) is 0 Å². The highest BCUT2D eigenvalue weighted by atomic mass is 32.2. The van der Waals surface area contributed by atoms with Gasteiger partial charge in [-0.3, -0.25) is 9.78 Å². The molecular formula is C18H15F3N4O2S. The predicted octanol–water partition coefficient (Wildman–Crippen LogP) is 3.95. The number of nitrogens with one attached hydrogen (secondary N) is 1. The van der Waals surface area contributed by atoms with Gasteiger partial charge in [-0.2, -0.15) is 13.2 Å². The Hall–Kier alpha value is -2.88. The van der Waals surface area contributed by atoms with E-state index in [4.69, 9.17) is 4.42 Å². The third kappa shape index (κ3) is 5.56. The summed E-state index contributed by atoms with van der Waals surface area (Å²) in [7, 11) is 0. The Bertz CT molecular complexity index is 918. The van der Waals surface area contributed by atoms with Crippen LogP contribution in [0.3, 0.4) is 0 Å². The molecule has 0 bridgehead atoms. The highest BCUT2D eigenvalue weighted by molar-refractivity contribution is 7.99. The molecule has 0 spiro atoms. The first-order chi connectivity index (χ1) is 13.4. The minimum Gasteiger partial charge on any atom is -0.463 e. The van der Waals surface area contributed by atoms with Crippen molar-refractivity contribution in [2.45, 2.75) is 24.3 Å². The Morgan fingerprint density at radius 2 is 1.96 bits per heavy atom. The molecular weight excluding hydrogens is 393 g/mol. The number of nitrogens with zero attached hydrogens (tertiary/aromatic N) is 3. The number of carbonyl (C=O) groups excluding carboxylic acids is 1. The van der Waals surface area contributed by atoms with E-state index in [2.05, 4.69) is 20.3 Å². The molecule has 146 valence electrons. The molecule has 0 unspecified atom stereocenters. The van der Waals surface area contributed by atoms with Gasteiger partial charge in [0, 0.05) is 31.1 Å². The molecule has 0 radical (unpaired) electrons. The van der Waals surface area contributed by atoms with Gasteiger partial charge in [0.15, 0.2) is 10.9 Å². The van der Waals surface area contributed by atoms with Gasteiger partial charge in [-0.15, -0.1) is 0 Å². The van der Waals surface area contributed by atoms with Crippen LogP contribution < -0.4 is 5.32 Å². The largest absolute Gasteiger partial charge is 0.463 e. The lowest BCUT2D eigenvalue weighted by Crippen LogP contribution is -2.23. The van der Waals surface area contributed by atoms with Crippen molar-refractivity contribution in [1.29, 1.82) is 0 Å². The fraction of sp³-hybridized carbons (Fsp3) is 0.222. The fourth-order valence-corrected chi connectivity index (χ4v) is 3.01. The molecule has 3 heterocycles. The summed E-state index contributed by atoms with van der Waals surface area (Å²) in [6.07, 6.45) is 0.107. The summed E-state index contributed by atoms with van der Waals surface area (Å²) >= 11 is 0.977. The van der Waals surface area contributed by atoms with Crippen molar-refractivity contribution >= 4 is 17.7 Å². The maximum atomic E-state index is 13.1. The summed E-state index contributed by atoms with van der Waals surface area (Å²) in [6.45, 7) is 0.356. The number of aromatic nitrogens is 3. The molecule has 1 N–H and O–H groups in total. The van der Waals surface area contributed by atoms with E-state index < -0.39 is 11.9 Å². The molecule has 0 fully saturated rings. The van der Waals surface area contributed by atoms with Crippen LogP contribution in [0.4, 0.5) is 13.2 Å². The first-order valence-corrected chi connectivity index (χ1v) is 9.19. The van der Waals surface area contributed by atoms with Crippen LogP contribution in [-0.4, -0.2) is 26.6 Å². The molecule has 1 amide bonds. The van der Waals surface area contributed by atoms with E-state index in [9.17, 15) is 18.0 Å². The molecule has 0 aliphatic carbocycles. The van der Waals surface area contributed by atoms with Crippen LogP contribution in [0.15, 0.2) is 58.6 Å². The summed E-state index contributed by atoms with van der Waals surface area (Å²) < 4.78 is 44.4. The standard InChI is InChI=1S/C18H15F3N4O2S/c19-18(20,21)15-10-13(14-2-1-8-27-14)24-17(25-15)28-9-5-16(26)23-11-12-3-6-22-7-4-12/h1-4,6-8,10H,5,9,11H2,(H,23,26). The third-order valence-corrected chi connectivity index (χ3v) is 4.42. The Morgan fingerprint density at radius 1 is 1.18 bits per heavy atom. The van der Waals surface area contributed by atoms with Gasteiger partial charge in [0.2, 0.25) is 5.91 Å². The van der Waals surface area contributed by atoms with E-state index >= 15 is 0 Å². The summed E-state index contributed by atoms with van der Waals surface area (Å²) in [5, 5.41) is 2.67. The van der Waals surface area contributed by atoms with Crippen LogP contribution in [0, 0.1) is 0 Å². The monoisotopic (exact) mass is 408 g/mol. The number of hydrogen-bond donors (Lipinski definition) is 1. The summed E-state index contributed by atoms with van der Waals surface area (Å²) in [5.41, 5.74) is -0.115. The van der Waals surface area contributed by atoms with Gasteiger partial charge in [0.05, 0.1) is 6.26 Å². The zero-order chi connectivity index (χ0) is 20.0. The Balaban J connectivity index is 1.60. The number of amides is 1. The van der Waals surface area contributed by atoms with Gasteiger partial charge in [-0.25, -0.2) is 9.97 Å². The molecule has 0 aliphatic rings. The summed E-state index contributed by atoms with van der Waals surface area (Å²) in [4.78, 5) is 23.5. The van der Waals surface area contributed by atoms with Crippen LogP contribution in [0.5, 0.6) is 0 Å². The van der Waals surface area contributed by atoms with Gasteiger partial charge < -0.3 is 9.73 Å². The van der Waals surface area contributed by atoms with Crippen LogP contribution in [0.2, 0.25) is 0 Å². The molecule has 0 atom stereocenters. The number of furan rings is 1. The maximum absolute atomic E-state index is 13.1. The van der Waals surface area contributed by atoms with Crippen molar-refractivity contribution in [1.82, 2.24) is 20.3 Å². The van der Waals surface area contributed by atoms with Crippen molar-refractivity contribution < 1.29 is 22.4 Å². The van der Waals surface area contributed by atoms with Crippen molar-refractivity contribution in [2.75, 3.05) is 5.75 Å². The van der Waals surface area contributed by atoms with Gasteiger partial charge in [0.25, 0.3) is 0 Å². The van der Waals surface area contributed by atoms with Crippen molar-refractivity contribution in [3.8, 4) is 11.5 Å². The molecule has 10 heteroatoms. The zero-order valence-corrected chi connectivity index (χ0v) is 15.3. The first-order valence-electron chi connectivity index (χ1n) is 8.20. The SMILES string of the molecule is O=C(CCSc1nc(-c2ccco2)cc(C(F)(F)F)n1)NCc1ccncc1. The third-order valence-electron chi connectivity index (χ3n) is 3.57. The zero-order valence-electron chi connectivity index (χ0n) is 14.4. The average molecular weight is 408 g/mol. The molecule has 0 saturated carbocycles. The minimum absolute atomic E-state index is 0.0389. The number of hydrogen-bond acceptors (Lipinski definition) is 6. The quantitative estimate of drug-likeness (QED) is 0.471. The van der Waals surface area contributed by atoms with Crippen LogP contribution in [0.1, 0.15) is 17.7 Å². The van der Waals surface area contributed by atoms with Crippen LogP contribution in [0.25, 0.3) is 11.5 Å². The number of rotatable bonds is 7. The number of carbonyl (C=O) groups is 1. The molecule has 0 aromatic carbocycles. The lowest BCUT2D eigenvalue weighted by molar-refractivity contribution is -0.141. The minimum atomic E-state index is -4.61. The maximum Gasteiger partial charge on any atom is 0.433 e. The molecule has 3 aromatic heterocycles. The molecule has 0 saturated heterocycles. The van der Waals surface area contributed by atoms with E-state index in [1.807, 2.05) is 0 Å². The first kappa shape index (κ1) is 19.9. The second-order valence-electron chi connectivity index (χ2n) is 5.63. The Morgan fingerprint density at radius 3 is 2.64 bits per heavy atom. The lowest BCUT2D eigenvalue weighted by Gasteiger charge is -2.09. The van der Waals surface area contributed by atoms with Crippen LogP contribution >= 0.6 is 11.8 Å². The normalized spacial score (nSPS) is 11.4. The second-order valence-corrected chi connectivity index (χ2v) is 6.69. The topological polar surface area (TPSA) is 80.9 Å². The van der Waals surface area contributed by atoms with Crippen molar-refractivity contribution in [3.05, 3.63) is 60.2 Å². The van der Waals surface area contributed by atoms with E-state index in [1.54, 1.807) is 30.6 Å². The van der Waals surface area contributed by atoms with E-state index in [0.717, 1.165) is 23.4 Å². The van der Waals surface area contributed by atoms with Gasteiger partial charge in [-0.1, -0.05) is 11.8 Å². The average Bonchev–Trinajstić information content (AvgIpc) is 3.21. The highest BCUT2D eigenvalue weighted by Crippen LogP contribution is 2.32. The van der Waals surface area contributed by atoms with Gasteiger partial charge in [-0.05, 0) is 35.9 Å². The van der Waals surface area contributed by atoms with E-state index in [-0.39, 0.29) is 34.7 Å². The smallest absolute Gasteiger partial charge is 0.433 e. The molecule has 28 heavy (non-hydrogen) atoms. The summed E-state index contributed by atoms with van der Waals surface area (Å²) in [6, 6.07) is 7.47. The lowest BCUT2D eigenvalue weighted by atomic mass is 10.2. The summed E-state index contributed by atoms with van der Waals surface area (Å²) in [5.74, 6) is 0.230. The predicted molar refractivity (Wildman–Crippen MR) is 96.2 cm³/mol. The van der Waals surface area contributed by atoms with Crippen molar-refractivity contribution in [2.24, 2.45) is 0 Å². The van der Waals surface area contributed by atoms with E-state index in [1.165, 1.54) is 12.3 Å². The second kappa shape index (κ2) is 8.87. The highest BCUT2D eigenvalue weighted by Gasteiger charge is 2.34. The molecule has 3 rings (SSSR count). The fourth-order valence-electron chi connectivity index (χ4n) is 2.21.